The third-order valence-electron chi connectivity index (χ3n) is 7.20. The number of hydrogen-bond acceptors (Lipinski definition) is 2. The predicted octanol–water partition coefficient (Wildman–Crippen LogP) is 9.06. The summed E-state index contributed by atoms with van der Waals surface area (Å²) >= 11 is 0. The van der Waals surface area contributed by atoms with E-state index in [9.17, 15) is 4.79 Å². The van der Waals surface area contributed by atoms with Crippen LogP contribution in [-0.4, -0.2) is 22.2 Å². The summed E-state index contributed by atoms with van der Waals surface area (Å²) < 4.78 is 1.89. The third-order valence-corrected chi connectivity index (χ3v) is 7.20. The van der Waals surface area contributed by atoms with Crippen LogP contribution in [0.3, 0.4) is 0 Å². The highest BCUT2D eigenvalue weighted by Gasteiger charge is 2.21. The van der Waals surface area contributed by atoms with Gasteiger partial charge < -0.3 is 5.32 Å². The lowest BCUT2D eigenvalue weighted by Gasteiger charge is -2.08. The van der Waals surface area contributed by atoms with Crippen molar-refractivity contribution in [3.8, 4) is 16.9 Å². The number of benzene rings is 2. The average molecular weight is 502 g/mol. The maximum absolute atomic E-state index is 13.0. The number of aromatic nitrogens is 2. The van der Waals surface area contributed by atoms with E-state index in [0.29, 0.717) is 12.2 Å². The second kappa shape index (κ2) is 16.8. The highest BCUT2D eigenvalue weighted by Crippen LogP contribution is 2.28. The number of carbonyl (C=O) groups excluding carboxylic acids is 1. The van der Waals surface area contributed by atoms with Crippen LogP contribution in [0.15, 0.2) is 60.7 Å². The molecule has 1 heterocycles. The smallest absolute Gasteiger partial charge is 0.272 e. The largest absolute Gasteiger partial charge is 0.351 e. The highest BCUT2D eigenvalue weighted by molar-refractivity contribution is 5.95. The minimum absolute atomic E-state index is 0.0842. The maximum Gasteiger partial charge on any atom is 0.272 e. The summed E-state index contributed by atoms with van der Waals surface area (Å²) in [5.74, 6) is -0.0842. The number of unbranched alkanes of at least 4 members (excludes halogenated alkanes) is 13. The lowest BCUT2D eigenvalue weighted by Crippen LogP contribution is -2.25. The molecule has 0 saturated heterocycles. The first-order chi connectivity index (χ1) is 18.2. The van der Waals surface area contributed by atoms with Crippen molar-refractivity contribution < 1.29 is 4.79 Å². The van der Waals surface area contributed by atoms with Gasteiger partial charge in [0.2, 0.25) is 0 Å². The molecule has 0 unspecified atom stereocenters. The van der Waals surface area contributed by atoms with Gasteiger partial charge in [-0.2, -0.15) is 5.10 Å². The number of hydrogen-bond donors (Lipinski definition) is 1. The molecule has 1 amide bonds. The summed E-state index contributed by atoms with van der Waals surface area (Å²) in [5, 5.41) is 7.86. The summed E-state index contributed by atoms with van der Waals surface area (Å²) in [6.07, 6.45) is 18.7. The SMILES string of the molecule is CCCCCCCCCCCCCCCCNC(=O)c1nn(-c2ccccc2)c(-c2ccccc2)c1C. The molecule has 0 saturated carbocycles. The average Bonchev–Trinajstić information content (AvgIpc) is 3.28. The zero-order chi connectivity index (χ0) is 26.1. The van der Waals surface area contributed by atoms with Crippen LogP contribution in [0, 0.1) is 6.92 Å². The Morgan fingerprint density at radius 2 is 1.19 bits per heavy atom. The molecule has 4 nitrogen and oxygen atoms in total. The van der Waals surface area contributed by atoms with Gasteiger partial charge >= 0.3 is 0 Å². The molecule has 0 fully saturated rings. The Morgan fingerprint density at radius 1 is 0.703 bits per heavy atom. The zero-order valence-corrected chi connectivity index (χ0v) is 23.2. The van der Waals surface area contributed by atoms with Gasteiger partial charge in [-0.25, -0.2) is 4.68 Å². The first kappa shape index (κ1) is 28.7. The van der Waals surface area contributed by atoms with Crippen LogP contribution in [0.1, 0.15) is 113 Å². The van der Waals surface area contributed by atoms with Crippen molar-refractivity contribution in [3.05, 3.63) is 71.9 Å². The second-order valence-electron chi connectivity index (χ2n) is 10.3. The summed E-state index contributed by atoms with van der Waals surface area (Å²) in [6.45, 7) is 4.98. The molecule has 4 heteroatoms. The van der Waals surface area contributed by atoms with Crippen LogP contribution in [0.5, 0.6) is 0 Å². The van der Waals surface area contributed by atoms with Crippen LogP contribution in [0.25, 0.3) is 16.9 Å². The van der Waals surface area contributed by atoms with Gasteiger partial charge in [-0.15, -0.1) is 0 Å². The Balaban J connectivity index is 1.37. The van der Waals surface area contributed by atoms with E-state index in [1.165, 1.54) is 83.5 Å². The Morgan fingerprint density at radius 3 is 1.73 bits per heavy atom. The van der Waals surface area contributed by atoms with Crippen LogP contribution in [-0.2, 0) is 0 Å². The van der Waals surface area contributed by atoms with Gasteiger partial charge in [-0.3, -0.25) is 4.79 Å². The fourth-order valence-electron chi connectivity index (χ4n) is 5.01. The summed E-state index contributed by atoms with van der Waals surface area (Å²) in [7, 11) is 0. The van der Waals surface area contributed by atoms with Crippen molar-refractivity contribution in [2.24, 2.45) is 0 Å². The molecule has 2 aromatic carbocycles. The van der Waals surface area contributed by atoms with E-state index in [1.54, 1.807) is 0 Å². The Bertz CT molecular complexity index is 1030. The van der Waals surface area contributed by atoms with E-state index < -0.39 is 0 Å². The molecule has 0 aliphatic heterocycles. The molecule has 0 aliphatic carbocycles. The molecule has 0 atom stereocenters. The monoisotopic (exact) mass is 501 g/mol. The van der Waals surface area contributed by atoms with Gasteiger partial charge in [0.05, 0.1) is 11.4 Å². The first-order valence-electron chi connectivity index (χ1n) is 14.7. The van der Waals surface area contributed by atoms with Gasteiger partial charge in [-0.05, 0) is 25.5 Å². The Kier molecular flexibility index (Phi) is 13.0. The fraction of sp³-hybridized carbons (Fsp3) is 0.515. The second-order valence-corrected chi connectivity index (χ2v) is 10.3. The van der Waals surface area contributed by atoms with E-state index in [2.05, 4.69) is 24.4 Å². The zero-order valence-electron chi connectivity index (χ0n) is 23.2. The van der Waals surface area contributed by atoms with Gasteiger partial charge in [0, 0.05) is 17.7 Å². The lowest BCUT2D eigenvalue weighted by atomic mass is 10.0. The number of rotatable bonds is 18. The van der Waals surface area contributed by atoms with Gasteiger partial charge in [0.1, 0.15) is 0 Å². The standard InChI is InChI=1S/C33H47N3O/c1-3-4-5-6-7-8-9-10-11-12-13-14-15-22-27-34-33(37)31-28(2)32(29-23-18-16-19-24-29)36(35-31)30-25-20-17-21-26-30/h16-21,23-26H,3-15,22,27H2,1-2H3,(H,34,37). The van der Waals surface area contributed by atoms with Crippen molar-refractivity contribution in [2.75, 3.05) is 6.54 Å². The van der Waals surface area contributed by atoms with E-state index in [4.69, 9.17) is 5.10 Å². The van der Waals surface area contributed by atoms with Crippen molar-refractivity contribution >= 4 is 5.91 Å². The number of carbonyl (C=O) groups is 1. The van der Waals surface area contributed by atoms with Crippen LogP contribution < -0.4 is 5.32 Å². The van der Waals surface area contributed by atoms with Crippen molar-refractivity contribution in [1.29, 1.82) is 0 Å². The van der Waals surface area contributed by atoms with Crippen LogP contribution >= 0.6 is 0 Å². The Labute approximate surface area is 224 Å². The number of para-hydroxylation sites is 1. The lowest BCUT2D eigenvalue weighted by molar-refractivity contribution is 0.0947. The molecule has 3 rings (SSSR count). The topological polar surface area (TPSA) is 46.9 Å². The van der Waals surface area contributed by atoms with E-state index in [-0.39, 0.29) is 5.91 Å². The molecule has 0 spiro atoms. The minimum atomic E-state index is -0.0842. The minimum Gasteiger partial charge on any atom is -0.351 e. The predicted molar refractivity (Wildman–Crippen MR) is 156 cm³/mol. The molecule has 0 radical (unpaired) electrons. The summed E-state index contributed by atoms with van der Waals surface area (Å²) in [5.41, 5.74) is 4.40. The molecule has 1 N–H and O–H groups in total. The number of nitrogens with one attached hydrogen (secondary N) is 1. The summed E-state index contributed by atoms with van der Waals surface area (Å²) in [4.78, 5) is 13.0. The molecular weight excluding hydrogens is 454 g/mol. The summed E-state index contributed by atoms with van der Waals surface area (Å²) in [6, 6.07) is 20.2. The van der Waals surface area contributed by atoms with Gasteiger partial charge in [0.15, 0.2) is 5.69 Å². The van der Waals surface area contributed by atoms with E-state index >= 15 is 0 Å². The highest BCUT2D eigenvalue weighted by atomic mass is 16.1. The molecule has 200 valence electrons. The molecule has 3 aromatic rings. The van der Waals surface area contributed by atoms with E-state index in [0.717, 1.165) is 28.9 Å². The number of amides is 1. The Hall–Kier alpha value is -2.88. The third kappa shape index (κ3) is 9.50. The molecular formula is C33H47N3O. The molecule has 1 aromatic heterocycles. The van der Waals surface area contributed by atoms with Crippen molar-refractivity contribution in [2.45, 2.75) is 104 Å². The van der Waals surface area contributed by atoms with Crippen LogP contribution in [0.4, 0.5) is 0 Å². The normalized spacial score (nSPS) is 11.1. The molecule has 37 heavy (non-hydrogen) atoms. The van der Waals surface area contributed by atoms with Crippen LogP contribution in [0.2, 0.25) is 0 Å². The quantitative estimate of drug-likeness (QED) is 0.177. The first-order valence-corrected chi connectivity index (χ1v) is 14.7. The fourth-order valence-corrected chi connectivity index (χ4v) is 5.01. The van der Waals surface area contributed by atoms with Gasteiger partial charge in [0.25, 0.3) is 5.91 Å². The van der Waals surface area contributed by atoms with Gasteiger partial charge in [-0.1, -0.05) is 139 Å². The van der Waals surface area contributed by atoms with E-state index in [1.807, 2.05) is 60.1 Å². The van der Waals surface area contributed by atoms with Crippen molar-refractivity contribution in [3.63, 3.8) is 0 Å². The molecule has 0 bridgehead atoms. The van der Waals surface area contributed by atoms with Crippen molar-refractivity contribution in [1.82, 2.24) is 15.1 Å². The molecule has 0 aliphatic rings. The number of nitrogens with zero attached hydrogens (tertiary/aromatic N) is 2. The maximum atomic E-state index is 13.0.